The maximum Gasteiger partial charge on any atom is 0.337 e. The zero-order valence-corrected chi connectivity index (χ0v) is 12.9. The molecule has 2 aromatic rings. The summed E-state index contributed by atoms with van der Waals surface area (Å²) in [6.45, 7) is 0. The van der Waals surface area contributed by atoms with Gasteiger partial charge in [-0.3, -0.25) is 0 Å². The zero-order valence-electron chi connectivity index (χ0n) is 10.6. The van der Waals surface area contributed by atoms with E-state index < -0.39 is 15.8 Å². The molecule has 110 valence electrons. The van der Waals surface area contributed by atoms with Crippen molar-refractivity contribution >= 4 is 39.0 Å². The molecule has 0 heterocycles. The summed E-state index contributed by atoms with van der Waals surface area (Å²) in [6, 6.07) is 9.99. The molecule has 0 atom stereocenters. The Morgan fingerprint density at radius 3 is 2.14 bits per heavy atom. The fourth-order valence-corrected chi connectivity index (χ4v) is 3.66. The highest BCUT2D eigenvalue weighted by atomic mass is 35.5. The number of carboxylic acids is 1. The minimum Gasteiger partial charge on any atom is -0.478 e. The van der Waals surface area contributed by atoms with Crippen molar-refractivity contribution in [2.75, 3.05) is 0 Å². The van der Waals surface area contributed by atoms with Gasteiger partial charge in [0.05, 0.1) is 16.2 Å². The van der Waals surface area contributed by atoms with Crippen LogP contribution < -0.4 is 0 Å². The van der Waals surface area contributed by atoms with Crippen LogP contribution >= 0.6 is 23.2 Å². The predicted octanol–water partition coefficient (Wildman–Crippen LogP) is 3.67. The first kappa shape index (κ1) is 15.8. The molecule has 0 bridgehead atoms. The summed E-state index contributed by atoms with van der Waals surface area (Å²) in [5.74, 6) is -1.65. The van der Waals surface area contributed by atoms with Gasteiger partial charge in [0.1, 0.15) is 0 Å². The fraction of sp³-hybridized carbons (Fsp3) is 0.0714. The molecule has 21 heavy (non-hydrogen) atoms. The first-order valence-electron chi connectivity index (χ1n) is 5.79. The summed E-state index contributed by atoms with van der Waals surface area (Å²) in [4.78, 5) is 10.9. The van der Waals surface area contributed by atoms with Gasteiger partial charge in [-0.15, -0.1) is 0 Å². The van der Waals surface area contributed by atoms with E-state index in [4.69, 9.17) is 28.3 Å². The Bertz CT molecular complexity index is 783. The predicted molar refractivity (Wildman–Crippen MR) is 80.8 cm³/mol. The first-order valence-corrected chi connectivity index (χ1v) is 8.20. The van der Waals surface area contributed by atoms with Crippen molar-refractivity contribution in [1.82, 2.24) is 0 Å². The Morgan fingerprint density at radius 1 is 1.00 bits per heavy atom. The number of benzene rings is 2. The van der Waals surface area contributed by atoms with E-state index >= 15 is 0 Å². The first-order chi connectivity index (χ1) is 9.79. The van der Waals surface area contributed by atoms with Gasteiger partial charge in [-0.05, 0) is 35.9 Å². The molecular weight excluding hydrogens is 335 g/mol. The van der Waals surface area contributed by atoms with Crippen LogP contribution in [0.1, 0.15) is 15.9 Å². The molecule has 0 fully saturated rings. The number of carboxylic acid groups (broad SMARTS) is 1. The Balaban J connectivity index is 2.44. The van der Waals surface area contributed by atoms with Crippen LogP contribution in [0.2, 0.25) is 10.0 Å². The normalized spacial score (nSPS) is 11.3. The van der Waals surface area contributed by atoms with Crippen molar-refractivity contribution in [3.8, 4) is 0 Å². The van der Waals surface area contributed by atoms with Crippen molar-refractivity contribution < 1.29 is 18.3 Å². The Hall–Kier alpha value is -1.56. The molecule has 0 aliphatic carbocycles. The molecular formula is C14H10Cl2O4S. The third-order valence-corrected chi connectivity index (χ3v) is 5.00. The second-order valence-electron chi connectivity index (χ2n) is 4.33. The SMILES string of the molecule is O=C(O)c1cc(Cl)ccc1S(=O)(=O)Cc1ccc(Cl)cc1. The maximum absolute atomic E-state index is 12.4. The third kappa shape index (κ3) is 3.75. The minimum absolute atomic E-state index is 0.165. The lowest BCUT2D eigenvalue weighted by molar-refractivity contribution is 0.0692. The van der Waals surface area contributed by atoms with Crippen molar-refractivity contribution in [3.05, 3.63) is 63.6 Å². The van der Waals surface area contributed by atoms with Crippen LogP contribution in [0.25, 0.3) is 0 Å². The van der Waals surface area contributed by atoms with Crippen molar-refractivity contribution in [2.24, 2.45) is 0 Å². The van der Waals surface area contributed by atoms with E-state index in [2.05, 4.69) is 0 Å². The molecule has 2 aromatic carbocycles. The van der Waals surface area contributed by atoms with Crippen LogP contribution in [0, 0.1) is 0 Å². The molecule has 4 nitrogen and oxygen atoms in total. The number of sulfone groups is 1. The number of hydrogen-bond donors (Lipinski definition) is 1. The van der Waals surface area contributed by atoms with Gasteiger partial charge in [0, 0.05) is 10.0 Å². The fourth-order valence-electron chi connectivity index (χ4n) is 1.82. The summed E-state index contributed by atoms with van der Waals surface area (Å²) < 4.78 is 24.8. The van der Waals surface area contributed by atoms with E-state index in [1.807, 2.05) is 0 Å². The van der Waals surface area contributed by atoms with Gasteiger partial charge in [0.25, 0.3) is 0 Å². The topological polar surface area (TPSA) is 71.4 Å². The lowest BCUT2D eigenvalue weighted by Crippen LogP contribution is -2.11. The van der Waals surface area contributed by atoms with Crippen molar-refractivity contribution in [2.45, 2.75) is 10.6 Å². The van der Waals surface area contributed by atoms with Gasteiger partial charge in [-0.25, -0.2) is 13.2 Å². The zero-order chi connectivity index (χ0) is 15.6. The van der Waals surface area contributed by atoms with E-state index in [0.717, 1.165) is 6.07 Å². The minimum atomic E-state index is -3.80. The highest BCUT2D eigenvalue weighted by Gasteiger charge is 2.23. The Labute approximate surface area is 131 Å². The number of carbonyl (C=O) groups is 1. The maximum atomic E-state index is 12.4. The molecule has 1 N–H and O–H groups in total. The van der Waals surface area contributed by atoms with E-state index in [9.17, 15) is 13.2 Å². The summed E-state index contributed by atoms with van der Waals surface area (Å²) in [5, 5.41) is 9.77. The molecule has 0 unspecified atom stereocenters. The van der Waals surface area contributed by atoms with Crippen LogP contribution in [0.5, 0.6) is 0 Å². The van der Waals surface area contributed by atoms with Gasteiger partial charge in [-0.2, -0.15) is 0 Å². The van der Waals surface area contributed by atoms with Crippen LogP contribution in [-0.4, -0.2) is 19.5 Å². The van der Waals surface area contributed by atoms with Crippen LogP contribution in [0.4, 0.5) is 0 Å². The van der Waals surface area contributed by atoms with Crippen molar-refractivity contribution in [1.29, 1.82) is 0 Å². The molecule has 0 aliphatic heterocycles. The largest absolute Gasteiger partial charge is 0.478 e. The molecule has 7 heteroatoms. The van der Waals surface area contributed by atoms with Gasteiger partial charge in [0.15, 0.2) is 9.84 Å². The van der Waals surface area contributed by atoms with Gasteiger partial charge in [-0.1, -0.05) is 35.3 Å². The Morgan fingerprint density at radius 2 is 1.57 bits per heavy atom. The van der Waals surface area contributed by atoms with E-state index in [-0.39, 0.29) is 21.2 Å². The number of aromatic carboxylic acids is 1. The van der Waals surface area contributed by atoms with E-state index in [1.54, 1.807) is 24.3 Å². The summed E-state index contributed by atoms with van der Waals surface area (Å²) in [6.07, 6.45) is 0. The molecule has 0 amide bonds. The summed E-state index contributed by atoms with van der Waals surface area (Å²) in [7, 11) is -3.80. The highest BCUT2D eigenvalue weighted by molar-refractivity contribution is 7.90. The standard InChI is InChI=1S/C14H10Cl2O4S/c15-10-3-1-9(2-4-10)8-21(19,20)13-6-5-11(16)7-12(13)14(17)18/h1-7H,8H2,(H,17,18). The molecule has 0 saturated carbocycles. The molecule has 0 aromatic heterocycles. The quantitative estimate of drug-likeness (QED) is 0.918. The molecule has 0 saturated heterocycles. The van der Waals surface area contributed by atoms with Crippen LogP contribution in [0.3, 0.4) is 0 Å². The van der Waals surface area contributed by atoms with E-state index in [0.29, 0.717) is 10.6 Å². The van der Waals surface area contributed by atoms with Crippen molar-refractivity contribution in [3.63, 3.8) is 0 Å². The number of hydrogen-bond acceptors (Lipinski definition) is 3. The average Bonchev–Trinajstić information content (AvgIpc) is 2.40. The number of halogens is 2. The average molecular weight is 345 g/mol. The second kappa shape index (κ2) is 6.05. The number of rotatable bonds is 4. The van der Waals surface area contributed by atoms with Gasteiger partial charge in [0.2, 0.25) is 0 Å². The molecule has 0 radical (unpaired) electrons. The second-order valence-corrected chi connectivity index (χ2v) is 7.16. The van der Waals surface area contributed by atoms with E-state index in [1.165, 1.54) is 12.1 Å². The third-order valence-electron chi connectivity index (χ3n) is 2.78. The molecule has 0 spiro atoms. The summed E-state index contributed by atoms with van der Waals surface area (Å²) in [5.41, 5.74) is 0.183. The van der Waals surface area contributed by atoms with Gasteiger partial charge < -0.3 is 5.11 Å². The van der Waals surface area contributed by atoms with Gasteiger partial charge >= 0.3 is 5.97 Å². The lowest BCUT2D eigenvalue weighted by atomic mass is 10.2. The van der Waals surface area contributed by atoms with Crippen LogP contribution in [0.15, 0.2) is 47.4 Å². The smallest absolute Gasteiger partial charge is 0.337 e. The molecule has 0 aliphatic rings. The molecule has 2 rings (SSSR count). The van der Waals surface area contributed by atoms with Crippen LogP contribution in [-0.2, 0) is 15.6 Å². The lowest BCUT2D eigenvalue weighted by Gasteiger charge is -2.08. The highest BCUT2D eigenvalue weighted by Crippen LogP contribution is 2.24. The monoisotopic (exact) mass is 344 g/mol. The summed E-state index contributed by atoms with van der Waals surface area (Å²) >= 11 is 11.5. The Kier molecular flexibility index (Phi) is 4.56.